The highest BCUT2D eigenvalue weighted by atomic mass is 79.9. The molecule has 3 fully saturated rings. The Labute approximate surface area is 582 Å². The highest BCUT2D eigenvalue weighted by Gasteiger charge is 2.44. The van der Waals surface area contributed by atoms with Gasteiger partial charge in [-0.05, 0) is 104 Å². The summed E-state index contributed by atoms with van der Waals surface area (Å²) in [5.41, 5.74) is 6.11. The summed E-state index contributed by atoms with van der Waals surface area (Å²) < 4.78 is 82.5. The lowest BCUT2D eigenvalue weighted by Crippen LogP contribution is -2.54. The summed E-state index contributed by atoms with van der Waals surface area (Å²) in [7, 11) is 0. The first kappa shape index (κ1) is 70.0. The number of phenols is 1. The van der Waals surface area contributed by atoms with E-state index in [0.717, 1.165) is 94.4 Å². The van der Waals surface area contributed by atoms with E-state index in [1.54, 1.807) is 12.1 Å². The van der Waals surface area contributed by atoms with Crippen molar-refractivity contribution in [1.29, 1.82) is 0 Å². The average molecular weight is 1430 g/mol. The van der Waals surface area contributed by atoms with Crippen molar-refractivity contribution in [2.75, 3.05) is 40.2 Å². The normalized spacial score (nSPS) is 23.6. The maximum atomic E-state index is 11.7. The second kappa shape index (κ2) is 31.1. The van der Waals surface area contributed by atoms with Gasteiger partial charge in [0.1, 0.15) is 52.8 Å². The number of rotatable bonds is 11. The molecular formula is C76H73BrO23. The molecule has 9 aromatic carbocycles. The van der Waals surface area contributed by atoms with Crippen LogP contribution in [0.1, 0.15) is 41.5 Å². The van der Waals surface area contributed by atoms with Gasteiger partial charge in [0, 0.05) is 49.8 Å². The summed E-state index contributed by atoms with van der Waals surface area (Å²) in [6.07, 6.45) is -8.00. The highest BCUT2D eigenvalue weighted by molar-refractivity contribution is 9.09. The first-order valence-corrected chi connectivity index (χ1v) is 33.2. The van der Waals surface area contributed by atoms with Gasteiger partial charge < -0.3 is 91.5 Å². The van der Waals surface area contributed by atoms with Crippen LogP contribution in [0.25, 0.3) is 65.7 Å². The standard InChI is InChI=1S/C27H26O8.C22H20O7.C17H12O3.C10H15BrO5/c1-15-26(34-17(3)29)25(33-16(2)28)13-30-27(15)35-22-11-9-19(20-6-4-5-7-21(20)22)18-8-10-23-24(12-18)32-14-31-23;23-16-10-26-22(21(25)20(16)24)29-17-8-6-13(14-3-1-2-4-15(14)17)12-5-7-18-19(9-12)28-11-27-18;18-15-7-6-12(13-3-1-2-4-14(13)15)11-5-8-16-17(9-11)20-10-19-16;1-5-9(16-7(3)13)8(15-6(2)12)4-14-10(5)11/h4-12,15,25-27H,13-14H2,1-3H3;1-9,16,20-25H,10-11H2;1-9,18H,10H2;5,8-10H,4H2,1-3H3/t15-,25+,26-,27?;16-,20-,21+,22?;;5-,8+,9-,10?/m10.1/s1. The second-order valence-corrected chi connectivity index (χ2v) is 25.1. The van der Waals surface area contributed by atoms with Crippen LogP contribution in [0.5, 0.6) is 51.7 Å². The number of fused-ring (bicyclic) bond motifs is 6. The van der Waals surface area contributed by atoms with Gasteiger partial charge in [0.25, 0.3) is 0 Å². The Morgan fingerprint density at radius 2 is 0.770 bits per heavy atom. The predicted octanol–water partition coefficient (Wildman–Crippen LogP) is 11.7. The summed E-state index contributed by atoms with van der Waals surface area (Å²) in [5, 5.41) is 45.0. The monoisotopic (exact) mass is 1430 g/mol. The third-order valence-corrected chi connectivity index (χ3v) is 18.5. The number of aliphatic hydroxyl groups excluding tert-OH is 3. The molecule has 4 N–H and O–H groups in total. The molecule has 15 rings (SSSR count). The number of alkyl halides is 1. The Morgan fingerprint density at radius 1 is 0.400 bits per heavy atom. The minimum Gasteiger partial charge on any atom is -0.507 e. The van der Waals surface area contributed by atoms with E-state index in [1.165, 1.54) is 27.7 Å². The van der Waals surface area contributed by atoms with Gasteiger partial charge in [-0.25, -0.2) is 0 Å². The van der Waals surface area contributed by atoms with Crippen molar-refractivity contribution in [3.8, 4) is 85.1 Å². The van der Waals surface area contributed by atoms with Crippen molar-refractivity contribution in [2.24, 2.45) is 11.8 Å². The molecule has 6 aliphatic rings. The first-order chi connectivity index (χ1) is 48.3. The van der Waals surface area contributed by atoms with Gasteiger partial charge in [-0.1, -0.05) is 139 Å². The average Bonchev–Trinajstić information content (AvgIpc) is 0.961. The molecule has 9 aromatic rings. The molecule has 6 heterocycles. The van der Waals surface area contributed by atoms with Gasteiger partial charge in [-0.15, -0.1) is 0 Å². The molecule has 3 unspecified atom stereocenters. The van der Waals surface area contributed by atoms with Crippen LogP contribution in [0.4, 0.5) is 0 Å². The molecule has 0 spiro atoms. The van der Waals surface area contributed by atoms with E-state index in [-0.39, 0.29) is 57.0 Å². The molecule has 0 amide bonds. The van der Waals surface area contributed by atoms with Crippen molar-refractivity contribution in [3.05, 3.63) is 164 Å². The number of halogens is 1. The van der Waals surface area contributed by atoms with Gasteiger partial charge in [0.2, 0.25) is 33.0 Å². The molecule has 0 saturated carbocycles. The predicted molar refractivity (Wildman–Crippen MR) is 366 cm³/mol. The summed E-state index contributed by atoms with van der Waals surface area (Å²) >= 11 is 3.32. The fraction of sp³-hybridized carbons (Fsp3) is 0.316. The molecule has 522 valence electrons. The van der Waals surface area contributed by atoms with Gasteiger partial charge in [-0.3, -0.25) is 19.2 Å². The van der Waals surface area contributed by atoms with Crippen molar-refractivity contribution in [2.45, 2.75) is 102 Å². The van der Waals surface area contributed by atoms with E-state index in [9.17, 15) is 39.6 Å². The van der Waals surface area contributed by atoms with Crippen molar-refractivity contribution >= 4 is 72.1 Å². The van der Waals surface area contributed by atoms with E-state index < -0.39 is 79.2 Å². The van der Waals surface area contributed by atoms with E-state index in [4.69, 9.17) is 71.1 Å². The zero-order valence-corrected chi connectivity index (χ0v) is 56.8. The fourth-order valence-corrected chi connectivity index (χ4v) is 12.9. The van der Waals surface area contributed by atoms with E-state index in [0.29, 0.717) is 23.0 Å². The number of hydrogen-bond acceptors (Lipinski definition) is 23. The smallest absolute Gasteiger partial charge is 0.303 e. The molecule has 6 aliphatic heterocycles. The second-order valence-electron chi connectivity index (χ2n) is 24.2. The largest absolute Gasteiger partial charge is 0.507 e. The van der Waals surface area contributed by atoms with Crippen LogP contribution < -0.4 is 37.9 Å². The van der Waals surface area contributed by atoms with Gasteiger partial charge >= 0.3 is 23.9 Å². The minimum atomic E-state index is -1.36. The molecule has 0 aliphatic carbocycles. The number of aromatic hydroxyl groups is 1. The lowest BCUT2D eigenvalue weighted by Gasteiger charge is -2.39. The number of benzene rings is 9. The van der Waals surface area contributed by atoms with Crippen LogP contribution in [0.15, 0.2) is 164 Å². The number of esters is 4. The first-order valence-electron chi connectivity index (χ1n) is 32.3. The lowest BCUT2D eigenvalue weighted by molar-refractivity contribution is -0.241. The van der Waals surface area contributed by atoms with Gasteiger partial charge in [0.15, 0.2) is 46.7 Å². The quantitative estimate of drug-likeness (QED) is 0.0531. The topological polar surface area (TPSA) is 288 Å². The maximum Gasteiger partial charge on any atom is 0.303 e. The van der Waals surface area contributed by atoms with Crippen LogP contribution in [0.2, 0.25) is 0 Å². The highest BCUT2D eigenvalue weighted by Crippen LogP contribution is 2.44. The number of carbonyl (C=O) groups is 4. The molecule has 0 aromatic heterocycles. The Kier molecular flexibility index (Phi) is 21.8. The number of ether oxygens (including phenoxy) is 15. The molecular weight excluding hydrogens is 1360 g/mol. The van der Waals surface area contributed by atoms with Crippen molar-refractivity contribution in [3.63, 3.8) is 0 Å². The summed E-state index contributed by atoms with van der Waals surface area (Å²) in [6.45, 7) is 9.86. The van der Waals surface area contributed by atoms with Crippen LogP contribution in [-0.4, -0.2) is 145 Å². The van der Waals surface area contributed by atoms with Crippen LogP contribution >= 0.6 is 15.9 Å². The Morgan fingerprint density at radius 3 is 1.22 bits per heavy atom. The molecule has 24 heteroatoms. The zero-order valence-electron chi connectivity index (χ0n) is 55.2. The molecule has 12 atom stereocenters. The number of phenolic OH excluding ortho intramolecular Hbond substituents is 1. The third-order valence-electron chi connectivity index (χ3n) is 17.4. The van der Waals surface area contributed by atoms with Crippen LogP contribution in [0.3, 0.4) is 0 Å². The van der Waals surface area contributed by atoms with Crippen LogP contribution in [-0.2, 0) is 52.3 Å². The lowest BCUT2D eigenvalue weighted by atomic mass is 9.95. The fourth-order valence-electron chi connectivity index (χ4n) is 12.5. The summed E-state index contributed by atoms with van der Waals surface area (Å²) in [5.74, 6) is 3.67. The minimum absolute atomic E-state index is 0.0553. The van der Waals surface area contributed by atoms with E-state index >= 15 is 0 Å². The van der Waals surface area contributed by atoms with Crippen molar-refractivity contribution < 1.29 is 111 Å². The Balaban J connectivity index is 0.000000132. The van der Waals surface area contributed by atoms with Gasteiger partial charge in [0.05, 0.1) is 25.7 Å². The molecule has 23 nitrogen and oxygen atoms in total. The molecule has 100 heavy (non-hydrogen) atoms. The molecule has 0 radical (unpaired) electrons. The van der Waals surface area contributed by atoms with Crippen LogP contribution in [0, 0.1) is 11.8 Å². The number of aliphatic hydroxyl groups is 3. The summed E-state index contributed by atoms with van der Waals surface area (Å²) in [6, 6.07) is 52.3. The maximum absolute atomic E-state index is 11.7. The number of carbonyl (C=O) groups excluding carboxylic acids is 4. The molecule has 3 saturated heterocycles. The van der Waals surface area contributed by atoms with Crippen molar-refractivity contribution in [1.82, 2.24) is 0 Å². The molecule has 0 bridgehead atoms. The Hall–Kier alpha value is -9.92. The number of hydrogen-bond donors (Lipinski definition) is 4. The van der Waals surface area contributed by atoms with Gasteiger partial charge in [-0.2, -0.15) is 0 Å². The zero-order chi connectivity index (χ0) is 70.3. The van der Waals surface area contributed by atoms with E-state index in [1.807, 2.05) is 166 Å². The Bertz CT molecular complexity index is 4470. The SMILES string of the molecule is CC(=O)O[C@H]1[C@@H](OC(C)=O)COC(Br)[C@@H]1C.CC(=O)O[C@H]1[C@@H](OC(C)=O)COC(Oc2ccc(-c3ccc4c(c3)OCO4)c3ccccc23)[C@@H]1C.O[C@H]1[C@@H](O)COC(Oc2ccc(-c3ccc4c(c3)OCO4)c3ccccc23)[C@@H]1O.Oc1ccc(-c2ccc3c(c2)OCO3)c2ccccc12. The van der Waals surface area contributed by atoms with E-state index in [2.05, 4.69) is 15.9 Å². The summed E-state index contributed by atoms with van der Waals surface area (Å²) in [4.78, 5) is 45.1. The third kappa shape index (κ3) is 15.7.